The van der Waals surface area contributed by atoms with Gasteiger partial charge in [-0.05, 0) is 38.1 Å². The molecule has 1 fully saturated rings. The molecule has 0 spiro atoms. The second kappa shape index (κ2) is 10.0. The zero-order valence-corrected chi connectivity index (χ0v) is 17.0. The number of quaternary nitrogens is 1. The van der Waals surface area contributed by atoms with Crippen molar-refractivity contribution in [2.45, 2.75) is 24.8 Å². The SMILES string of the molecule is CCOc1ccc(S(=O)(=O)N2CC[NH+]([C@@H](C)C(=O)NCCOC)CC2)cc1. The number of methoxy groups -OCH3 is 1. The van der Waals surface area contributed by atoms with E-state index < -0.39 is 10.0 Å². The highest BCUT2D eigenvalue weighted by Gasteiger charge is 2.34. The monoisotopic (exact) mass is 400 g/mol. The second-order valence-corrected chi connectivity index (χ2v) is 8.41. The van der Waals surface area contributed by atoms with Crippen LogP contribution in [0.3, 0.4) is 0 Å². The van der Waals surface area contributed by atoms with Crippen molar-refractivity contribution < 1.29 is 27.6 Å². The van der Waals surface area contributed by atoms with Crippen molar-refractivity contribution in [3.8, 4) is 5.75 Å². The van der Waals surface area contributed by atoms with Crippen LogP contribution in [0.15, 0.2) is 29.2 Å². The van der Waals surface area contributed by atoms with E-state index in [1.807, 2.05) is 13.8 Å². The van der Waals surface area contributed by atoms with Gasteiger partial charge in [-0.15, -0.1) is 0 Å². The molecule has 1 atom stereocenters. The van der Waals surface area contributed by atoms with Crippen LogP contribution in [-0.4, -0.2) is 77.7 Å². The summed E-state index contributed by atoms with van der Waals surface area (Å²) in [6, 6.07) is 6.27. The molecule has 1 amide bonds. The summed E-state index contributed by atoms with van der Waals surface area (Å²) in [6.45, 7) is 7.20. The molecule has 1 heterocycles. The van der Waals surface area contributed by atoms with E-state index >= 15 is 0 Å². The molecule has 0 aromatic heterocycles. The number of hydrogen-bond donors (Lipinski definition) is 2. The molecule has 0 bridgehead atoms. The Morgan fingerprint density at radius 2 is 1.89 bits per heavy atom. The van der Waals surface area contributed by atoms with Crippen molar-refractivity contribution in [2.75, 3.05) is 53.0 Å². The summed E-state index contributed by atoms with van der Waals surface area (Å²) in [5, 5.41) is 2.84. The molecule has 1 aromatic carbocycles. The molecular weight excluding hydrogens is 370 g/mol. The Morgan fingerprint density at radius 3 is 2.44 bits per heavy atom. The van der Waals surface area contributed by atoms with Crippen LogP contribution in [0.4, 0.5) is 0 Å². The maximum atomic E-state index is 12.8. The first-order valence-electron chi connectivity index (χ1n) is 9.24. The number of rotatable bonds is 9. The average molecular weight is 401 g/mol. The number of carbonyl (C=O) groups is 1. The Kier molecular flexibility index (Phi) is 8.03. The summed E-state index contributed by atoms with van der Waals surface area (Å²) in [4.78, 5) is 13.5. The number of nitrogens with zero attached hydrogens (tertiary/aromatic N) is 1. The Bertz CT molecular complexity index is 700. The number of hydrogen-bond acceptors (Lipinski definition) is 5. The van der Waals surface area contributed by atoms with E-state index in [1.54, 1.807) is 31.4 Å². The lowest BCUT2D eigenvalue weighted by Crippen LogP contribution is -3.19. The smallest absolute Gasteiger partial charge is 0.278 e. The highest BCUT2D eigenvalue weighted by Crippen LogP contribution is 2.19. The molecule has 2 rings (SSSR count). The molecular formula is C18H30N3O5S+. The van der Waals surface area contributed by atoms with Gasteiger partial charge in [0.2, 0.25) is 10.0 Å². The van der Waals surface area contributed by atoms with Gasteiger partial charge in [0.15, 0.2) is 6.04 Å². The van der Waals surface area contributed by atoms with Gasteiger partial charge in [0.1, 0.15) is 5.75 Å². The van der Waals surface area contributed by atoms with E-state index in [0.717, 1.165) is 4.90 Å². The molecule has 0 radical (unpaired) electrons. The zero-order valence-electron chi connectivity index (χ0n) is 16.2. The molecule has 1 aliphatic heterocycles. The minimum Gasteiger partial charge on any atom is -0.494 e. The van der Waals surface area contributed by atoms with E-state index in [2.05, 4.69) is 5.32 Å². The molecule has 8 nitrogen and oxygen atoms in total. The van der Waals surface area contributed by atoms with Crippen molar-refractivity contribution >= 4 is 15.9 Å². The van der Waals surface area contributed by atoms with Gasteiger partial charge in [0.05, 0.1) is 44.3 Å². The number of carbonyl (C=O) groups excluding carboxylic acids is 1. The van der Waals surface area contributed by atoms with Gasteiger partial charge in [-0.25, -0.2) is 8.42 Å². The number of nitrogens with one attached hydrogen (secondary N) is 2. The maximum absolute atomic E-state index is 12.8. The molecule has 1 aliphatic rings. The Morgan fingerprint density at radius 1 is 1.26 bits per heavy atom. The summed E-state index contributed by atoms with van der Waals surface area (Å²) >= 11 is 0. The average Bonchev–Trinajstić information content (AvgIpc) is 2.68. The number of benzene rings is 1. The minimum absolute atomic E-state index is 0.0372. The first-order chi connectivity index (χ1) is 12.9. The first-order valence-corrected chi connectivity index (χ1v) is 10.7. The molecule has 1 saturated heterocycles. The Labute approximate surface area is 161 Å². The standard InChI is InChI=1S/C18H29N3O5S/c1-4-26-16-5-7-17(8-6-16)27(23,24)21-12-10-20(11-13-21)15(2)18(22)19-9-14-25-3/h5-8,15H,4,9-14H2,1-3H3,(H,19,22)/p+1/t15-/m0/s1. The quantitative estimate of drug-likeness (QED) is 0.526. The van der Waals surface area contributed by atoms with Gasteiger partial charge < -0.3 is 19.7 Å². The largest absolute Gasteiger partial charge is 0.494 e. The van der Waals surface area contributed by atoms with Gasteiger partial charge in [-0.3, -0.25) is 4.79 Å². The summed E-state index contributed by atoms with van der Waals surface area (Å²) < 4.78 is 37.4. The molecule has 27 heavy (non-hydrogen) atoms. The summed E-state index contributed by atoms with van der Waals surface area (Å²) in [5.41, 5.74) is 0. The number of ether oxygens (including phenoxy) is 2. The molecule has 0 unspecified atom stereocenters. The topological polar surface area (TPSA) is 89.4 Å². The highest BCUT2D eigenvalue weighted by atomic mass is 32.2. The van der Waals surface area contributed by atoms with Crippen molar-refractivity contribution in [1.29, 1.82) is 0 Å². The number of amides is 1. The highest BCUT2D eigenvalue weighted by molar-refractivity contribution is 7.89. The lowest BCUT2D eigenvalue weighted by atomic mass is 10.2. The summed E-state index contributed by atoms with van der Waals surface area (Å²) in [6.07, 6.45) is 0. The normalized spacial score (nSPS) is 17.4. The van der Waals surface area contributed by atoms with E-state index in [4.69, 9.17) is 9.47 Å². The third kappa shape index (κ3) is 5.65. The van der Waals surface area contributed by atoms with Gasteiger partial charge in [0, 0.05) is 13.7 Å². The zero-order chi connectivity index (χ0) is 19.9. The van der Waals surface area contributed by atoms with Gasteiger partial charge >= 0.3 is 0 Å². The van der Waals surface area contributed by atoms with E-state index in [1.165, 1.54) is 4.31 Å². The van der Waals surface area contributed by atoms with Crippen LogP contribution in [0.1, 0.15) is 13.8 Å². The van der Waals surface area contributed by atoms with Crippen LogP contribution in [0, 0.1) is 0 Å². The lowest BCUT2D eigenvalue weighted by Gasteiger charge is -2.34. The second-order valence-electron chi connectivity index (χ2n) is 6.47. The Balaban J connectivity index is 1.92. The third-order valence-corrected chi connectivity index (χ3v) is 6.66. The van der Waals surface area contributed by atoms with E-state index in [0.29, 0.717) is 51.7 Å². The van der Waals surface area contributed by atoms with Crippen molar-refractivity contribution in [1.82, 2.24) is 9.62 Å². The van der Waals surface area contributed by atoms with Crippen molar-refractivity contribution in [3.63, 3.8) is 0 Å². The molecule has 0 aliphatic carbocycles. The van der Waals surface area contributed by atoms with Crippen LogP contribution in [0.25, 0.3) is 0 Å². The molecule has 2 N–H and O–H groups in total. The van der Waals surface area contributed by atoms with Crippen LogP contribution in [0.2, 0.25) is 0 Å². The first kappa shape index (κ1) is 21.6. The maximum Gasteiger partial charge on any atom is 0.278 e. The van der Waals surface area contributed by atoms with Gasteiger partial charge in [0.25, 0.3) is 5.91 Å². The van der Waals surface area contributed by atoms with Crippen LogP contribution >= 0.6 is 0 Å². The predicted octanol–water partition coefficient (Wildman–Crippen LogP) is -0.874. The van der Waals surface area contributed by atoms with Crippen LogP contribution < -0.4 is 15.0 Å². The molecule has 9 heteroatoms. The van der Waals surface area contributed by atoms with Crippen LogP contribution in [0.5, 0.6) is 5.75 Å². The Hall–Kier alpha value is -1.68. The van der Waals surface area contributed by atoms with E-state index in [9.17, 15) is 13.2 Å². The fourth-order valence-corrected chi connectivity index (χ4v) is 4.53. The van der Waals surface area contributed by atoms with Gasteiger partial charge in [-0.2, -0.15) is 4.31 Å². The number of sulfonamides is 1. The summed E-state index contributed by atoms with van der Waals surface area (Å²) in [5.74, 6) is 0.615. The molecule has 0 saturated carbocycles. The lowest BCUT2D eigenvalue weighted by molar-refractivity contribution is -0.917. The van der Waals surface area contributed by atoms with Crippen molar-refractivity contribution in [2.24, 2.45) is 0 Å². The minimum atomic E-state index is -3.53. The summed E-state index contributed by atoms with van der Waals surface area (Å²) in [7, 11) is -1.95. The molecule has 152 valence electrons. The molecule has 1 aromatic rings. The van der Waals surface area contributed by atoms with Crippen molar-refractivity contribution in [3.05, 3.63) is 24.3 Å². The fourth-order valence-electron chi connectivity index (χ4n) is 3.09. The van der Waals surface area contributed by atoms with Crippen LogP contribution in [-0.2, 0) is 19.6 Å². The van der Waals surface area contributed by atoms with E-state index in [-0.39, 0.29) is 16.8 Å². The van der Waals surface area contributed by atoms with Gasteiger partial charge in [-0.1, -0.05) is 0 Å². The number of piperazine rings is 1. The predicted molar refractivity (Wildman–Crippen MR) is 101 cm³/mol. The third-order valence-electron chi connectivity index (χ3n) is 4.75. The fraction of sp³-hybridized carbons (Fsp3) is 0.611.